The van der Waals surface area contributed by atoms with Crippen LogP contribution in [-0.2, 0) is 11.2 Å². The van der Waals surface area contributed by atoms with Gasteiger partial charge in [-0.2, -0.15) is 0 Å². The van der Waals surface area contributed by atoms with Crippen LogP contribution in [0.25, 0.3) is 11.0 Å². The minimum Gasteiger partial charge on any atom is -0.481 e. The van der Waals surface area contributed by atoms with Crippen LogP contribution in [0.15, 0.2) is 28.7 Å². The second-order valence-corrected chi connectivity index (χ2v) is 3.32. The molecule has 0 aliphatic rings. The Bertz CT molecular complexity index is 487. The highest BCUT2D eigenvalue weighted by atomic mass is 35.5. The lowest BCUT2D eigenvalue weighted by Gasteiger charge is -1.97. The average Bonchev–Trinajstić information content (AvgIpc) is 2.45. The molecule has 1 heterocycles. The number of aliphatic carboxylic acids is 1. The quantitative estimate of drug-likeness (QED) is 0.829. The minimum absolute atomic E-state index is 0.0206. The summed E-state index contributed by atoms with van der Waals surface area (Å²) in [6.07, 6.45) is -0.0206. The van der Waals surface area contributed by atoms with E-state index in [1.807, 2.05) is 0 Å². The highest BCUT2D eigenvalue weighted by molar-refractivity contribution is 6.29. The first-order chi connectivity index (χ1) is 6.66. The van der Waals surface area contributed by atoms with Gasteiger partial charge in [-0.1, -0.05) is 12.1 Å². The summed E-state index contributed by atoms with van der Waals surface area (Å²) in [6, 6.07) is 6.89. The number of halogens is 1. The van der Waals surface area contributed by atoms with Crippen molar-refractivity contribution in [3.63, 3.8) is 0 Å². The molecule has 0 unspecified atom stereocenters. The second-order valence-electron chi connectivity index (χ2n) is 2.95. The van der Waals surface area contributed by atoms with Gasteiger partial charge in [-0.15, -0.1) is 0 Å². The predicted octanol–water partition coefficient (Wildman–Crippen LogP) is 2.71. The zero-order chi connectivity index (χ0) is 10.1. The predicted molar refractivity (Wildman–Crippen MR) is 52.6 cm³/mol. The molecule has 0 radical (unpaired) electrons. The molecule has 4 heteroatoms. The lowest BCUT2D eigenvalue weighted by molar-refractivity contribution is -0.136. The number of carbonyl (C=O) groups is 1. The summed E-state index contributed by atoms with van der Waals surface area (Å²) >= 11 is 5.68. The monoisotopic (exact) mass is 210 g/mol. The maximum Gasteiger partial charge on any atom is 0.307 e. The van der Waals surface area contributed by atoms with Gasteiger partial charge in [0.15, 0.2) is 5.22 Å². The molecule has 0 spiro atoms. The number of carboxylic acids is 1. The fourth-order valence-corrected chi connectivity index (χ4v) is 1.60. The van der Waals surface area contributed by atoms with Crippen molar-refractivity contribution in [2.45, 2.75) is 6.42 Å². The molecule has 0 saturated heterocycles. The first-order valence-electron chi connectivity index (χ1n) is 4.05. The van der Waals surface area contributed by atoms with Gasteiger partial charge in [0.2, 0.25) is 0 Å². The van der Waals surface area contributed by atoms with Crippen molar-refractivity contribution in [2.75, 3.05) is 0 Å². The standard InChI is InChI=1S/C10H7ClO3/c11-9-5-7-6(4-10(12)13)2-1-3-8(7)14-9/h1-3,5H,4H2,(H,12,13). The fourth-order valence-electron chi connectivity index (χ4n) is 1.41. The fraction of sp³-hybridized carbons (Fsp3) is 0.100. The van der Waals surface area contributed by atoms with Crippen LogP contribution in [0.5, 0.6) is 0 Å². The third kappa shape index (κ3) is 1.59. The number of fused-ring (bicyclic) bond motifs is 1. The van der Waals surface area contributed by atoms with Crippen LogP contribution in [0.4, 0.5) is 0 Å². The van der Waals surface area contributed by atoms with E-state index in [9.17, 15) is 4.79 Å². The van der Waals surface area contributed by atoms with Crippen molar-refractivity contribution in [1.82, 2.24) is 0 Å². The first kappa shape index (κ1) is 9.09. The molecule has 1 aromatic heterocycles. The van der Waals surface area contributed by atoms with Gasteiger partial charge in [-0.25, -0.2) is 0 Å². The van der Waals surface area contributed by atoms with Crippen LogP contribution in [0.3, 0.4) is 0 Å². The number of furan rings is 1. The van der Waals surface area contributed by atoms with Gasteiger partial charge in [-0.3, -0.25) is 4.79 Å². The Morgan fingerprint density at radius 3 is 3.00 bits per heavy atom. The molecule has 1 aromatic carbocycles. The molecule has 72 valence electrons. The Kier molecular flexibility index (Phi) is 2.17. The van der Waals surface area contributed by atoms with Crippen LogP contribution in [0.1, 0.15) is 5.56 Å². The van der Waals surface area contributed by atoms with Gasteiger partial charge >= 0.3 is 5.97 Å². The Hall–Kier alpha value is -1.48. The number of hydrogen-bond acceptors (Lipinski definition) is 2. The van der Waals surface area contributed by atoms with E-state index in [0.717, 1.165) is 5.39 Å². The van der Waals surface area contributed by atoms with E-state index in [4.69, 9.17) is 21.1 Å². The Morgan fingerprint density at radius 2 is 2.29 bits per heavy atom. The van der Waals surface area contributed by atoms with E-state index < -0.39 is 5.97 Å². The Labute approximate surface area is 84.9 Å². The summed E-state index contributed by atoms with van der Waals surface area (Å²) in [6.45, 7) is 0. The lowest BCUT2D eigenvalue weighted by Crippen LogP contribution is -1.99. The molecule has 2 rings (SSSR count). The van der Waals surface area contributed by atoms with Crippen LogP contribution in [0.2, 0.25) is 5.22 Å². The maximum atomic E-state index is 10.6. The molecule has 14 heavy (non-hydrogen) atoms. The van der Waals surface area contributed by atoms with Crippen molar-refractivity contribution in [3.05, 3.63) is 35.0 Å². The SMILES string of the molecule is O=C(O)Cc1cccc2oc(Cl)cc12. The normalized spacial score (nSPS) is 10.6. The molecule has 0 aliphatic carbocycles. The molecular weight excluding hydrogens is 204 g/mol. The van der Waals surface area contributed by atoms with Crippen molar-refractivity contribution in [1.29, 1.82) is 0 Å². The van der Waals surface area contributed by atoms with Gasteiger partial charge in [-0.05, 0) is 23.2 Å². The van der Waals surface area contributed by atoms with Gasteiger partial charge in [0.1, 0.15) is 5.58 Å². The zero-order valence-electron chi connectivity index (χ0n) is 7.16. The number of carboxylic acid groups (broad SMARTS) is 1. The second kappa shape index (κ2) is 3.35. The van der Waals surface area contributed by atoms with Gasteiger partial charge in [0.25, 0.3) is 0 Å². The zero-order valence-corrected chi connectivity index (χ0v) is 7.91. The van der Waals surface area contributed by atoms with E-state index in [-0.39, 0.29) is 11.6 Å². The summed E-state index contributed by atoms with van der Waals surface area (Å²) in [5.41, 5.74) is 1.33. The third-order valence-corrected chi connectivity index (χ3v) is 2.15. The largest absolute Gasteiger partial charge is 0.481 e. The molecule has 0 bridgehead atoms. The number of benzene rings is 1. The van der Waals surface area contributed by atoms with E-state index in [1.54, 1.807) is 24.3 Å². The molecule has 3 nitrogen and oxygen atoms in total. The van der Waals surface area contributed by atoms with Crippen molar-refractivity contribution in [2.24, 2.45) is 0 Å². The topological polar surface area (TPSA) is 50.4 Å². The highest BCUT2D eigenvalue weighted by Crippen LogP contribution is 2.26. The van der Waals surface area contributed by atoms with Crippen LogP contribution < -0.4 is 0 Å². The van der Waals surface area contributed by atoms with Crippen LogP contribution >= 0.6 is 11.6 Å². The molecule has 0 saturated carbocycles. The molecular formula is C10H7ClO3. The highest BCUT2D eigenvalue weighted by Gasteiger charge is 2.08. The summed E-state index contributed by atoms with van der Waals surface area (Å²) in [5.74, 6) is -0.866. The molecule has 0 amide bonds. The summed E-state index contributed by atoms with van der Waals surface area (Å²) in [5, 5.41) is 9.71. The summed E-state index contributed by atoms with van der Waals surface area (Å²) in [7, 11) is 0. The number of rotatable bonds is 2. The van der Waals surface area contributed by atoms with Crippen molar-refractivity contribution in [3.8, 4) is 0 Å². The molecule has 0 aliphatic heterocycles. The molecule has 0 atom stereocenters. The van der Waals surface area contributed by atoms with E-state index in [0.29, 0.717) is 11.1 Å². The van der Waals surface area contributed by atoms with Gasteiger partial charge in [0, 0.05) is 11.5 Å². The van der Waals surface area contributed by atoms with Gasteiger partial charge in [0.05, 0.1) is 6.42 Å². The van der Waals surface area contributed by atoms with Gasteiger partial charge < -0.3 is 9.52 Å². The van der Waals surface area contributed by atoms with Crippen LogP contribution in [0, 0.1) is 0 Å². The summed E-state index contributed by atoms with van der Waals surface area (Å²) in [4.78, 5) is 10.6. The minimum atomic E-state index is -0.866. The lowest BCUT2D eigenvalue weighted by atomic mass is 10.1. The summed E-state index contributed by atoms with van der Waals surface area (Å²) < 4.78 is 5.16. The van der Waals surface area contributed by atoms with Crippen molar-refractivity contribution < 1.29 is 14.3 Å². The smallest absolute Gasteiger partial charge is 0.307 e. The Balaban J connectivity index is 2.58. The molecule has 1 N–H and O–H groups in total. The van der Waals surface area contributed by atoms with E-state index in [2.05, 4.69) is 0 Å². The third-order valence-electron chi connectivity index (χ3n) is 1.96. The van der Waals surface area contributed by atoms with Crippen molar-refractivity contribution >= 4 is 28.5 Å². The first-order valence-corrected chi connectivity index (χ1v) is 4.43. The van der Waals surface area contributed by atoms with E-state index in [1.165, 1.54) is 0 Å². The Morgan fingerprint density at radius 1 is 1.50 bits per heavy atom. The van der Waals surface area contributed by atoms with Crippen LogP contribution in [-0.4, -0.2) is 11.1 Å². The number of hydrogen-bond donors (Lipinski definition) is 1. The van der Waals surface area contributed by atoms with E-state index >= 15 is 0 Å². The average molecular weight is 211 g/mol. The molecule has 2 aromatic rings. The maximum absolute atomic E-state index is 10.6. The molecule has 0 fully saturated rings.